The van der Waals surface area contributed by atoms with E-state index >= 15 is 0 Å². The van der Waals surface area contributed by atoms with Crippen molar-refractivity contribution in [3.63, 3.8) is 0 Å². The van der Waals surface area contributed by atoms with Crippen LogP contribution in [0.2, 0.25) is 0 Å². The molecule has 0 fully saturated rings. The molecule has 0 bridgehead atoms. The second-order valence-corrected chi connectivity index (χ2v) is 6.00. The van der Waals surface area contributed by atoms with Crippen LogP contribution in [0.4, 0.5) is 0 Å². The standard InChI is InChI=1S/C13H14N2O4S.C6H10/c1-18-13(17)10-4-2-9(3-5-10)12-15-14-11(19-12)8-20-7-6-16;1-3-5-6-4-2/h2-5,16H,6-8H2,1H3;3-6H,1-2H3/b;5-3-,6-4-. The SMILES string of the molecule is C/C=C\C=C/C.COC(=O)c1ccc(-c2nnc(CSCCO)o2)cc1. The van der Waals surface area contributed by atoms with Crippen molar-refractivity contribution in [2.75, 3.05) is 19.5 Å². The van der Waals surface area contributed by atoms with Crippen molar-refractivity contribution in [3.8, 4) is 11.5 Å². The third-order valence-electron chi connectivity index (χ3n) is 2.98. The summed E-state index contributed by atoms with van der Waals surface area (Å²) in [6.07, 6.45) is 8.00. The molecule has 0 saturated carbocycles. The first kappa shape index (κ1) is 21.7. The number of aliphatic hydroxyl groups excluding tert-OH is 1. The van der Waals surface area contributed by atoms with Crippen LogP contribution in [0.1, 0.15) is 30.1 Å². The number of carbonyl (C=O) groups excluding carboxylic acids is 1. The van der Waals surface area contributed by atoms with Gasteiger partial charge < -0.3 is 14.3 Å². The molecule has 0 unspecified atom stereocenters. The van der Waals surface area contributed by atoms with Gasteiger partial charge in [0, 0.05) is 11.3 Å². The summed E-state index contributed by atoms with van der Waals surface area (Å²) in [5, 5.41) is 16.6. The quantitative estimate of drug-likeness (QED) is 0.446. The summed E-state index contributed by atoms with van der Waals surface area (Å²) in [4.78, 5) is 11.3. The molecule has 0 amide bonds. The number of benzene rings is 1. The molecule has 0 atom stereocenters. The van der Waals surface area contributed by atoms with E-state index in [9.17, 15) is 4.79 Å². The highest BCUT2D eigenvalue weighted by molar-refractivity contribution is 7.98. The summed E-state index contributed by atoms with van der Waals surface area (Å²) in [6.45, 7) is 4.13. The van der Waals surface area contributed by atoms with Crippen LogP contribution >= 0.6 is 11.8 Å². The van der Waals surface area contributed by atoms with Gasteiger partial charge in [-0.25, -0.2) is 4.79 Å². The highest BCUT2D eigenvalue weighted by Crippen LogP contribution is 2.20. The first-order valence-electron chi connectivity index (χ1n) is 8.10. The lowest BCUT2D eigenvalue weighted by atomic mass is 10.1. The number of esters is 1. The molecular formula is C19H24N2O4S. The minimum absolute atomic E-state index is 0.126. The fourth-order valence-electron chi connectivity index (χ4n) is 1.74. The first-order valence-corrected chi connectivity index (χ1v) is 9.25. The summed E-state index contributed by atoms with van der Waals surface area (Å²) < 4.78 is 10.1. The number of ether oxygens (including phenoxy) is 1. The van der Waals surface area contributed by atoms with Gasteiger partial charge in [-0.05, 0) is 38.1 Å². The summed E-state index contributed by atoms with van der Waals surface area (Å²) in [5.74, 6) is 1.72. The van der Waals surface area contributed by atoms with Gasteiger partial charge in [0.1, 0.15) is 0 Å². The van der Waals surface area contributed by atoms with Crippen LogP contribution in [0.15, 0.2) is 53.0 Å². The molecule has 1 aromatic heterocycles. The minimum atomic E-state index is -0.386. The minimum Gasteiger partial charge on any atom is -0.465 e. The molecule has 7 heteroatoms. The topological polar surface area (TPSA) is 85.5 Å². The molecule has 0 aliphatic rings. The monoisotopic (exact) mass is 376 g/mol. The molecule has 0 spiro atoms. The molecule has 1 aromatic carbocycles. The fraction of sp³-hybridized carbons (Fsp3) is 0.316. The fourth-order valence-corrected chi connectivity index (χ4v) is 2.31. The largest absolute Gasteiger partial charge is 0.465 e. The summed E-state index contributed by atoms with van der Waals surface area (Å²) in [7, 11) is 1.34. The molecule has 0 radical (unpaired) electrons. The number of thioether (sulfide) groups is 1. The Morgan fingerprint density at radius 2 is 1.85 bits per heavy atom. The van der Waals surface area contributed by atoms with Crippen molar-refractivity contribution in [2.45, 2.75) is 19.6 Å². The average Bonchev–Trinajstić information content (AvgIpc) is 3.15. The Hall–Kier alpha value is -2.38. The van der Waals surface area contributed by atoms with Crippen LogP contribution in [0.5, 0.6) is 0 Å². The van der Waals surface area contributed by atoms with Gasteiger partial charge in [0.05, 0.1) is 25.0 Å². The first-order chi connectivity index (χ1) is 12.7. The van der Waals surface area contributed by atoms with E-state index in [2.05, 4.69) is 14.9 Å². The number of hydrogen-bond donors (Lipinski definition) is 1. The van der Waals surface area contributed by atoms with Crippen LogP contribution < -0.4 is 0 Å². The van der Waals surface area contributed by atoms with Crippen LogP contribution in [0.25, 0.3) is 11.5 Å². The van der Waals surface area contributed by atoms with Crippen LogP contribution in [-0.2, 0) is 10.5 Å². The van der Waals surface area contributed by atoms with E-state index in [-0.39, 0.29) is 12.6 Å². The van der Waals surface area contributed by atoms with Gasteiger partial charge in [-0.15, -0.1) is 22.0 Å². The molecule has 1 N–H and O–H groups in total. The molecule has 0 saturated heterocycles. The molecule has 0 aliphatic heterocycles. The zero-order valence-electron chi connectivity index (χ0n) is 15.2. The number of aliphatic hydroxyl groups is 1. The Balaban J connectivity index is 0.000000487. The predicted molar refractivity (Wildman–Crippen MR) is 104 cm³/mol. The molecule has 2 rings (SSSR count). The van der Waals surface area contributed by atoms with Crippen molar-refractivity contribution < 1.29 is 19.1 Å². The van der Waals surface area contributed by atoms with Gasteiger partial charge in [0.15, 0.2) is 0 Å². The van der Waals surface area contributed by atoms with Crippen LogP contribution in [-0.4, -0.2) is 40.7 Å². The van der Waals surface area contributed by atoms with Gasteiger partial charge in [-0.1, -0.05) is 24.3 Å². The molecule has 1 heterocycles. The Bertz CT molecular complexity index is 699. The third-order valence-corrected chi connectivity index (χ3v) is 3.90. The van der Waals surface area contributed by atoms with Crippen molar-refractivity contribution >= 4 is 17.7 Å². The number of nitrogens with zero attached hydrogens (tertiary/aromatic N) is 2. The van der Waals surface area contributed by atoms with Crippen LogP contribution in [0, 0.1) is 0 Å². The van der Waals surface area contributed by atoms with E-state index in [4.69, 9.17) is 9.52 Å². The van der Waals surface area contributed by atoms with Gasteiger partial charge in [-0.2, -0.15) is 0 Å². The molecule has 0 aliphatic carbocycles. The molecule has 2 aromatic rings. The van der Waals surface area contributed by atoms with E-state index in [1.807, 2.05) is 38.2 Å². The van der Waals surface area contributed by atoms with Crippen molar-refractivity contribution in [3.05, 3.63) is 60.0 Å². The van der Waals surface area contributed by atoms with E-state index < -0.39 is 0 Å². The zero-order chi connectivity index (χ0) is 19.2. The normalized spacial score (nSPS) is 10.8. The highest BCUT2D eigenvalue weighted by Gasteiger charge is 2.10. The molecule has 140 valence electrons. The average molecular weight is 376 g/mol. The second-order valence-electron chi connectivity index (χ2n) is 4.90. The van der Waals surface area contributed by atoms with E-state index in [1.165, 1.54) is 18.9 Å². The third kappa shape index (κ3) is 7.67. The number of hydrogen-bond acceptors (Lipinski definition) is 7. The number of methoxy groups -OCH3 is 1. The van der Waals surface area contributed by atoms with Crippen molar-refractivity contribution in [2.24, 2.45) is 0 Å². The second kappa shape index (κ2) is 12.9. The molecular weight excluding hydrogens is 352 g/mol. The highest BCUT2D eigenvalue weighted by atomic mass is 32.2. The maximum Gasteiger partial charge on any atom is 0.337 e. The smallest absolute Gasteiger partial charge is 0.337 e. The van der Waals surface area contributed by atoms with E-state index in [0.29, 0.717) is 28.9 Å². The summed E-state index contributed by atoms with van der Waals surface area (Å²) >= 11 is 1.52. The molecule has 6 nitrogen and oxygen atoms in total. The maximum atomic E-state index is 11.3. The number of allylic oxidation sites excluding steroid dienone is 4. The Labute approximate surface area is 158 Å². The van der Waals surface area contributed by atoms with E-state index in [1.54, 1.807) is 24.3 Å². The summed E-state index contributed by atoms with van der Waals surface area (Å²) in [6, 6.07) is 6.74. The number of aromatic nitrogens is 2. The van der Waals surface area contributed by atoms with Gasteiger partial charge >= 0.3 is 5.97 Å². The lowest BCUT2D eigenvalue weighted by molar-refractivity contribution is 0.0600. The lowest BCUT2D eigenvalue weighted by Crippen LogP contribution is -2.00. The number of rotatable bonds is 7. The Morgan fingerprint density at radius 3 is 2.38 bits per heavy atom. The Kier molecular flexibility index (Phi) is 10.8. The molecule has 26 heavy (non-hydrogen) atoms. The van der Waals surface area contributed by atoms with Crippen LogP contribution in [0.3, 0.4) is 0 Å². The maximum absolute atomic E-state index is 11.3. The zero-order valence-corrected chi connectivity index (χ0v) is 16.0. The van der Waals surface area contributed by atoms with Gasteiger partial charge in [-0.3, -0.25) is 0 Å². The Morgan fingerprint density at radius 1 is 1.19 bits per heavy atom. The van der Waals surface area contributed by atoms with Gasteiger partial charge in [0.25, 0.3) is 0 Å². The lowest BCUT2D eigenvalue weighted by Gasteiger charge is -1.99. The number of carbonyl (C=O) groups is 1. The van der Waals surface area contributed by atoms with Gasteiger partial charge in [0.2, 0.25) is 11.8 Å². The predicted octanol–water partition coefficient (Wildman–Crippen LogP) is 3.89. The summed E-state index contributed by atoms with van der Waals surface area (Å²) in [5.41, 5.74) is 1.21. The van der Waals surface area contributed by atoms with Crippen molar-refractivity contribution in [1.82, 2.24) is 10.2 Å². The van der Waals surface area contributed by atoms with Crippen molar-refractivity contribution in [1.29, 1.82) is 0 Å². The van der Waals surface area contributed by atoms with E-state index in [0.717, 1.165) is 5.56 Å².